The van der Waals surface area contributed by atoms with Crippen LogP contribution >= 0.6 is 0 Å². The van der Waals surface area contributed by atoms with E-state index in [9.17, 15) is 0 Å². The first-order valence-corrected chi connectivity index (χ1v) is 3.59. The van der Waals surface area contributed by atoms with Gasteiger partial charge in [-0.15, -0.1) is 0 Å². The summed E-state index contributed by atoms with van der Waals surface area (Å²) in [6.45, 7) is 4.12. The second kappa shape index (κ2) is 3.30. The van der Waals surface area contributed by atoms with Crippen LogP contribution in [0.2, 0.25) is 0 Å². The van der Waals surface area contributed by atoms with Crippen LogP contribution in [0.5, 0.6) is 0 Å². The molecule has 0 aliphatic carbocycles. The van der Waals surface area contributed by atoms with Crippen LogP contribution in [0.15, 0.2) is 6.20 Å². The molecule has 1 aromatic rings. The van der Waals surface area contributed by atoms with Crippen molar-refractivity contribution in [3.05, 3.63) is 23.8 Å². The van der Waals surface area contributed by atoms with Crippen molar-refractivity contribution in [2.24, 2.45) is 0 Å². The molecule has 53 valence electrons. The fraction of sp³-hybridized carbons (Fsp3) is 0.500. The summed E-state index contributed by atoms with van der Waals surface area (Å²) in [6, 6.07) is 2.97. The summed E-state index contributed by atoms with van der Waals surface area (Å²) >= 11 is 0. The molecule has 1 heterocycles. The molecule has 10 heavy (non-hydrogen) atoms. The smallest absolute Gasteiger partial charge is 0.128 e. The molecule has 0 saturated heterocycles. The number of rotatable bonds is 2. The lowest BCUT2D eigenvalue weighted by Crippen LogP contribution is -1.95. The molecule has 0 atom stereocenters. The molecule has 0 amide bonds. The monoisotopic (exact) mass is 135 g/mol. The van der Waals surface area contributed by atoms with Gasteiger partial charge in [-0.2, -0.15) is 0 Å². The van der Waals surface area contributed by atoms with Crippen molar-refractivity contribution in [3.8, 4) is 0 Å². The van der Waals surface area contributed by atoms with E-state index in [1.54, 1.807) is 6.20 Å². The van der Waals surface area contributed by atoms with E-state index in [4.69, 9.17) is 0 Å². The molecule has 0 saturated carbocycles. The lowest BCUT2D eigenvalue weighted by Gasteiger charge is -1.96. The van der Waals surface area contributed by atoms with Crippen LogP contribution in [-0.2, 0) is 12.8 Å². The third kappa shape index (κ3) is 1.53. The summed E-state index contributed by atoms with van der Waals surface area (Å²) in [5, 5.41) is 0. The molecule has 0 aliphatic rings. The number of nitrogens with zero attached hydrogens (tertiary/aromatic N) is 2. The lowest BCUT2D eigenvalue weighted by atomic mass is 10.3. The van der Waals surface area contributed by atoms with E-state index in [0.29, 0.717) is 0 Å². The van der Waals surface area contributed by atoms with Gasteiger partial charge in [-0.1, -0.05) is 13.8 Å². The highest BCUT2D eigenvalue weighted by Crippen LogP contribution is 1.95. The molecule has 1 rings (SSSR count). The number of aromatic nitrogens is 2. The molecule has 0 bridgehead atoms. The Morgan fingerprint density at radius 2 is 2.20 bits per heavy atom. The van der Waals surface area contributed by atoms with Crippen molar-refractivity contribution in [1.29, 1.82) is 0 Å². The maximum Gasteiger partial charge on any atom is 0.128 e. The zero-order valence-electron chi connectivity index (χ0n) is 6.39. The van der Waals surface area contributed by atoms with Crippen molar-refractivity contribution >= 4 is 0 Å². The highest BCUT2D eigenvalue weighted by molar-refractivity contribution is 4.99. The molecule has 0 unspecified atom stereocenters. The maximum absolute atomic E-state index is 4.24. The fourth-order valence-electron chi connectivity index (χ4n) is 0.750. The van der Waals surface area contributed by atoms with Gasteiger partial charge >= 0.3 is 0 Å². The van der Waals surface area contributed by atoms with Crippen molar-refractivity contribution in [3.63, 3.8) is 0 Å². The number of aryl methyl sites for hydroxylation is 2. The fourth-order valence-corrected chi connectivity index (χ4v) is 0.750. The van der Waals surface area contributed by atoms with E-state index in [-0.39, 0.29) is 0 Å². The van der Waals surface area contributed by atoms with E-state index < -0.39 is 0 Å². The van der Waals surface area contributed by atoms with E-state index in [1.165, 1.54) is 0 Å². The van der Waals surface area contributed by atoms with Gasteiger partial charge in [-0.3, -0.25) is 0 Å². The second-order valence-corrected chi connectivity index (χ2v) is 2.08. The lowest BCUT2D eigenvalue weighted by molar-refractivity contribution is 0.885. The largest absolute Gasteiger partial charge is 0.241 e. The Morgan fingerprint density at radius 3 is 2.80 bits per heavy atom. The van der Waals surface area contributed by atoms with Gasteiger partial charge in [0.1, 0.15) is 5.82 Å². The highest BCUT2D eigenvalue weighted by atomic mass is 14.9. The van der Waals surface area contributed by atoms with E-state index in [0.717, 1.165) is 24.4 Å². The van der Waals surface area contributed by atoms with E-state index >= 15 is 0 Å². The van der Waals surface area contributed by atoms with Gasteiger partial charge in [0, 0.05) is 18.7 Å². The molecule has 1 aromatic heterocycles. The van der Waals surface area contributed by atoms with Crippen molar-refractivity contribution in [2.45, 2.75) is 26.7 Å². The third-order valence-electron chi connectivity index (χ3n) is 1.36. The Morgan fingerprint density at radius 1 is 1.40 bits per heavy atom. The normalized spacial score (nSPS) is 9.80. The summed E-state index contributed by atoms with van der Waals surface area (Å²) in [5.74, 6) is 0.913. The average molecular weight is 135 g/mol. The van der Waals surface area contributed by atoms with Gasteiger partial charge in [-0.25, -0.2) is 9.97 Å². The van der Waals surface area contributed by atoms with Gasteiger partial charge in [0.05, 0.1) is 5.69 Å². The molecule has 0 fully saturated rings. The van der Waals surface area contributed by atoms with Crippen LogP contribution in [-0.4, -0.2) is 9.97 Å². The predicted octanol–water partition coefficient (Wildman–Crippen LogP) is 1.40. The van der Waals surface area contributed by atoms with Gasteiger partial charge < -0.3 is 0 Å². The first-order valence-electron chi connectivity index (χ1n) is 3.59. The van der Waals surface area contributed by atoms with Crippen LogP contribution in [0, 0.1) is 6.07 Å². The topological polar surface area (TPSA) is 25.8 Å². The highest BCUT2D eigenvalue weighted by Gasteiger charge is 1.93. The van der Waals surface area contributed by atoms with Crippen LogP contribution in [0.1, 0.15) is 25.4 Å². The van der Waals surface area contributed by atoms with Crippen molar-refractivity contribution in [2.75, 3.05) is 0 Å². The minimum atomic E-state index is 0.904. The van der Waals surface area contributed by atoms with Gasteiger partial charge in [-0.05, 0) is 6.42 Å². The summed E-state index contributed by atoms with van der Waals surface area (Å²) in [7, 11) is 0. The Kier molecular flexibility index (Phi) is 2.37. The standard InChI is InChI=1S/C8H11N2/c1-3-7-5-6-9-8(4-2)10-7/h6H,3-4H2,1-2H3. The van der Waals surface area contributed by atoms with E-state index in [1.807, 2.05) is 0 Å². The van der Waals surface area contributed by atoms with Crippen LogP contribution < -0.4 is 0 Å². The number of hydrogen-bond acceptors (Lipinski definition) is 2. The first kappa shape index (κ1) is 7.19. The zero-order valence-corrected chi connectivity index (χ0v) is 6.39. The van der Waals surface area contributed by atoms with Gasteiger partial charge in [0.25, 0.3) is 0 Å². The Hall–Kier alpha value is -0.920. The molecule has 0 aliphatic heterocycles. The molecule has 0 aromatic carbocycles. The van der Waals surface area contributed by atoms with Crippen LogP contribution in [0.25, 0.3) is 0 Å². The summed E-state index contributed by atoms with van der Waals surface area (Å²) < 4.78 is 0. The minimum Gasteiger partial charge on any atom is -0.241 e. The second-order valence-electron chi connectivity index (χ2n) is 2.08. The van der Waals surface area contributed by atoms with Crippen LogP contribution in [0.4, 0.5) is 0 Å². The Bertz CT molecular complexity index is 189. The Balaban J connectivity index is 2.87. The minimum absolute atomic E-state index is 0.904. The maximum atomic E-state index is 4.24. The summed E-state index contributed by atoms with van der Waals surface area (Å²) in [5.41, 5.74) is 1.01. The van der Waals surface area contributed by atoms with Gasteiger partial charge in [0.15, 0.2) is 0 Å². The average Bonchev–Trinajstić information content (AvgIpc) is 2.05. The Labute approximate surface area is 61.3 Å². The molecule has 2 nitrogen and oxygen atoms in total. The molecular weight excluding hydrogens is 124 g/mol. The molecule has 0 spiro atoms. The van der Waals surface area contributed by atoms with Crippen LogP contribution in [0.3, 0.4) is 0 Å². The third-order valence-corrected chi connectivity index (χ3v) is 1.36. The molecular formula is C8H11N2. The summed E-state index contributed by atoms with van der Waals surface area (Å²) in [6.07, 6.45) is 3.54. The first-order chi connectivity index (χ1) is 4.86. The quantitative estimate of drug-likeness (QED) is 0.612. The van der Waals surface area contributed by atoms with E-state index in [2.05, 4.69) is 29.9 Å². The SMILES string of the molecule is CCc1[c]cnc(CC)n1. The molecule has 0 N–H and O–H groups in total. The predicted molar refractivity (Wildman–Crippen MR) is 39.6 cm³/mol. The molecule has 1 radical (unpaired) electrons. The zero-order chi connectivity index (χ0) is 7.40. The number of hydrogen-bond donors (Lipinski definition) is 0. The van der Waals surface area contributed by atoms with Gasteiger partial charge in [0.2, 0.25) is 0 Å². The van der Waals surface area contributed by atoms with Crippen molar-refractivity contribution < 1.29 is 0 Å². The van der Waals surface area contributed by atoms with Crippen molar-refractivity contribution in [1.82, 2.24) is 9.97 Å². The summed E-state index contributed by atoms with van der Waals surface area (Å²) in [4.78, 5) is 8.28. The molecule has 2 heteroatoms.